The summed E-state index contributed by atoms with van der Waals surface area (Å²) in [5.74, 6) is -2.26. The first kappa shape index (κ1) is 22.3. The highest BCUT2D eigenvalue weighted by atomic mass is 32.2. The Bertz CT molecular complexity index is 1230. The number of anilines is 2. The van der Waals surface area contributed by atoms with E-state index in [9.17, 15) is 21.6 Å². The lowest BCUT2D eigenvalue weighted by Crippen LogP contribution is -2.20. The lowest BCUT2D eigenvalue weighted by atomic mass is 9.83. The molecule has 5 nitrogen and oxygen atoms in total. The molecule has 10 heteroatoms. The molecule has 2 N–H and O–H groups in total. The summed E-state index contributed by atoms with van der Waals surface area (Å²) in [6, 6.07) is 7.69. The Morgan fingerprint density at radius 3 is 2.59 bits per heavy atom. The van der Waals surface area contributed by atoms with E-state index in [4.69, 9.17) is 0 Å². The summed E-state index contributed by atoms with van der Waals surface area (Å²) in [4.78, 5) is 3.00. The van der Waals surface area contributed by atoms with Crippen LogP contribution in [0.4, 0.5) is 24.0 Å². The van der Waals surface area contributed by atoms with E-state index in [-0.39, 0.29) is 22.6 Å². The molecule has 0 fully saturated rings. The van der Waals surface area contributed by atoms with Crippen molar-refractivity contribution in [1.82, 2.24) is 4.98 Å². The van der Waals surface area contributed by atoms with Gasteiger partial charge in [0.15, 0.2) is 5.13 Å². The zero-order valence-corrected chi connectivity index (χ0v) is 18.4. The van der Waals surface area contributed by atoms with Crippen LogP contribution >= 0.6 is 11.3 Å². The van der Waals surface area contributed by atoms with Crippen LogP contribution in [0, 0.1) is 23.4 Å². The Kier molecular flexibility index (Phi) is 6.52. The predicted molar refractivity (Wildman–Crippen MR) is 119 cm³/mol. The van der Waals surface area contributed by atoms with Crippen molar-refractivity contribution in [2.75, 3.05) is 16.6 Å². The molecule has 1 unspecified atom stereocenters. The number of benzene rings is 2. The van der Waals surface area contributed by atoms with Gasteiger partial charge in [-0.1, -0.05) is 18.2 Å². The molecule has 1 atom stereocenters. The summed E-state index contributed by atoms with van der Waals surface area (Å²) in [5.41, 5.74) is 1.79. The van der Waals surface area contributed by atoms with Gasteiger partial charge in [0.25, 0.3) is 10.0 Å². The molecule has 0 saturated heterocycles. The fraction of sp³-hybridized carbons (Fsp3) is 0.227. The maximum Gasteiger partial charge on any atom is 0.266 e. The van der Waals surface area contributed by atoms with Crippen molar-refractivity contribution in [3.8, 4) is 0 Å². The summed E-state index contributed by atoms with van der Waals surface area (Å²) in [5, 5.41) is 4.52. The third-order valence-corrected chi connectivity index (χ3v) is 7.41. The fourth-order valence-electron chi connectivity index (χ4n) is 3.70. The molecule has 32 heavy (non-hydrogen) atoms. The third kappa shape index (κ3) is 4.97. The van der Waals surface area contributed by atoms with Crippen molar-refractivity contribution >= 4 is 37.8 Å². The van der Waals surface area contributed by atoms with Gasteiger partial charge in [-0.05, 0) is 48.6 Å². The molecule has 1 heterocycles. The third-order valence-electron chi connectivity index (χ3n) is 5.24. The first-order valence-corrected chi connectivity index (χ1v) is 12.3. The minimum atomic E-state index is -4.32. The van der Waals surface area contributed by atoms with Crippen molar-refractivity contribution in [2.24, 2.45) is 5.92 Å². The lowest BCUT2D eigenvalue weighted by Gasteiger charge is -2.25. The largest absolute Gasteiger partial charge is 0.382 e. The van der Waals surface area contributed by atoms with E-state index >= 15 is 0 Å². The molecule has 0 aliphatic heterocycles. The van der Waals surface area contributed by atoms with Gasteiger partial charge in [-0.2, -0.15) is 0 Å². The summed E-state index contributed by atoms with van der Waals surface area (Å²) in [7, 11) is -4.32. The van der Waals surface area contributed by atoms with Gasteiger partial charge in [0, 0.05) is 30.1 Å². The number of halogens is 3. The average Bonchev–Trinajstić information content (AvgIpc) is 3.27. The van der Waals surface area contributed by atoms with Gasteiger partial charge in [-0.3, -0.25) is 4.72 Å². The van der Waals surface area contributed by atoms with E-state index in [1.807, 2.05) is 0 Å². The molecule has 0 radical (unpaired) electrons. The van der Waals surface area contributed by atoms with Crippen LogP contribution in [0.1, 0.15) is 24.8 Å². The van der Waals surface area contributed by atoms with Crippen LogP contribution in [-0.2, 0) is 10.0 Å². The van der Waals surface area contributed by atoms with E-state index in [0.717, 1.165) is 47.8 Å². The second-order valence-electron chi connectivity index (χ2n) is 7.38. The number of rotatable bonds is 7. The Morgan fingerprint density at radius 1 is 1.09 bits per heavy atom. The molecule has 4 rings (SSSR count). The van der Waals surface area contributed by atoms with E-state index in [1.54, 1.807) is 17.5 Å². The second kappa shape index (κ2) is 9.33. The van der Waals surface area contributed by atoms with Crippen molar-refractivity contribution in [3.63, 3.8) is 0 Å². The average molecular weight is 480 g/mol. The Balaban J connectivity index is 1.51. The minimum absolute atomic E-state index is 0.0200. The molecule has 2 aromatic carbocycles. The molecule has 3 aromatic rings. The van der Waals surface area contributed by atoms with Gasteiger partial charge in [0.2, 0.25) is 0 Å². The smallest absolute Gasteiger partial charge is 0.266 e. The maximum absolute atomic E-state index is 14.7. The highest BCUT2D eigenvalue weighted by Gasteiger charge is 2.24. The van der Waals surface area contributed by atoms with E-state index in [1.165, 1.54) is 18.3 Å². The Morgan fingerprint density at radius 2 is 1.88 bits per heavy atom. The standard InChI is InChI=1S/C22H20F3N3O2S2/c23-16-7-5-14(6-8-16)17-4-2-1-3-15(17)13-27-20-11-19(25)21(12-18(20)24)32(29,30)28-22-26-9-10-31-22/h4-12,15,27H,1-3,13H2,(H,26,28). The van der Waals surface area contributed by atoms with Crippen molar-refractivity contribution in [3.05, 3.63) is 77.1 Å². The van der Waals surface area contributed by atoms with E-state index in [0.29, 0.717) is 12.6 Å². The number of aromatic nitrogens is 1. The van der Waals surface area contributed by atoms with E-state index in [2.05, 4.69) is 21.1 Å². The van der Waals surface area contributed by atoms with Crippen molar-refractivity contribution in [1.29, 1.82) is 0 Å². The van der Waals surface area contributed by atoms with E-state index < -0.39 is 26.6 Å². The summed E-state index contributed by atoms with van der Waals surface area (Å²) in [6.45, 7) is 0.322. The van der Waals surface area contributed by atoms with Gasteiger partial charge in [-0.15, -0.1) is 11.3 Å². The SMILES string of the molecule is O=S(=O)(Nc1nccs1)c1cc(F)c(NCC2CCCC=C2c2ccc(F)cc2)cc1F. The molecule has 0 spiro atoms. The topological polar surface area (TPSA) is 71.1 Å². The zero-order valence-electron chi connectivity index (χ0n) is 16.8. The number of hydrogen-bond acceptors (Lipinski definition) is 5. The number of hydrogen-bond donors (Lipinski definition) is 2. The lowest BCUT2D eigenvalue weighted by molar-refractivity contribution is 0.553. The number of nitrogens with zero attached hydrogens (tertiary/aromatic N) is 1. The highest BCUT2D eigenvalue weighted by molar-refractivity contribution is 7.93. The molecule has 0 bridgehead atoms. The van der Waals surface area contributed by atoms with Crippen LogP contribution in [0.25, 0.3) is 5.57 Å². The van der Waals surface area contributed by atoms with Gasteiger partial charge < -0.3 is 5.32 Å². The van der Waals surface area contributed by atoms with Gasteiger partial charge in [0.1, 0.15) is 22.3 Å². The molecule has 0 amide bonds. The molecular formula is C22H20F3N3O2S2. The summed E-state index contributed by atoms with van der Waals surface area (Å²) in [6.07, 6.45) is 6.16. The van der Waals surface area contributed by atoms with Crippen LogP contribution in [0.3, 0.4) is 0 Å². The molecule has 1 aromatic heterocycles. The molecular weight excluding hydrogens is 459 g/mol. The summed E-state index contributed by atoms with van der Waals surface area (Å²) < 4.78 is 69.5. The highest BCUT2D eigenvalue weighted by Crippen LogP contribution is 2.33. The van der Waals surface area contributed by atoms with Crippen LogP contribution in [0.2, 0.25) is 0 Å². The van der Waals surface area contributed by atoms with Crippen molar-refractivity contribution < 1.29 is 21.6 Å². The van der Waals surface area contributed by atoms with Crippen molar-refractivity contribution in [2.45, 2.75) is 24.2 Å². The van der Waals surface area contributed by atoms with Crippen LogP contribution < -0.4 is 10.0 Å². The quantitative estimate of drug-likeness (QED) is 0.459. The minimum Gasteiger partial charge on any atom is -0.382 e. The maximum atomic E-state index is 14.7. The monoisotopic (exact) mass is 479 g/mol. The summed E-state index contributed by atoms with van der Waals surface area (Å²) >= 11 is 1.02. The number of thiazole rings is 1. The normalized spacial score (nSPS) is 16.5. The zero-order chi connectivity index (χ0) is 22.7. The van der Waals surface area contributed by atoms with Crippen LogP contribution in [-0.4, -0.2) is 19.9 Å². The van der Waals surface area contributed by atoms with Crippen LogP contribution in [0.15, 0.2) is 58.9 Å². The fourth-order valence-corrected chi connectivity index (χ4v) is 5.56. The van der Waals surface area contributed by atoms with Gasteiger partial charge in [0.05, 0.1) is 5.69 Å². The molecule has 0 saturated carbocycles. The first-order chi connectivity index (χ1) is 15.3. The van der Waals surface area contributed by atoms with Gasteiger partial charge >= 0.3 is 0 Å². The predicted octanol–water partition coefficient (Wildman–Crippen LogP) is 5.66. The first-order valence-electron chi connectivity index (χ1n) is 9.95. The number of sulfonamides is 1. The van der Waals surface area contributed by atoms with Crippen LogP contribution in [0.5, 0.6) is 0 Å². The number of nitrogens with one attached hydrogen (secondary N) is 2. The Hall–Kier alpha value is -2.85. The van der Waals surface area contributed by atoms with Gasteiger partial charge in [-0.25, -0.2) is 26.6 Å². The molecule has 1 aliphatic carbocycles. The Labute approximate surface area is 188 Å². The molecule has 1 aliphatic rings. The molecule has 168 valence electrons. The second-order valence-corrected chi connectivity index (χ2v) is 9.93. The number of allylic oxidation sites excluding steroid dienone is 1.